The van der Waals surface area contributed by atoms with Gasteiger partial charge < -0.3 is 19.4 Å². The van der Waals surface area contributed by atoms with Gasteiger partial charge in [-0.15, -0.1) is 0 Å². The lowest BCUT2D eigenvalue weighted by Gasteiger charge is -2.18. The van der Waals surface area contributed by atoms with Crippen molar-refractivity contribution in [3.63, 3.8) is 0 Å². The van der Waals surface area contributed by atoms with Crippen LogP contribution >= 0.6 is 0 Å². The molecule has 0 saturated heterocycles. The lowest BCUT2D eigenvalue weighted by atomic mass is 10.1. The molecule has 0 spiro atoms. The second kappa shape index (κ2) is 7.30. The second-order valence-electron chi connectivity index (χ2n) is 9.55. The molecule has 0 radical (unpaired) electrons. The van der Waals surface area contributed by atoms with Crippen LogP contribution in [0.4, 0.5) is 5.82 Å². The number of hydrogen-bond acceptors (Lipinski definition) is 6. The lowest BCUT2D eigenvalue weighted by Crippen LogP contribution is -2.25. The van der Waals surface area contributed by atoms with E-state index in [1.54, 1.807) is 6.20 Å². The van der Waals surface area contributed by atoms with E-state index in [-0.39, 0.29) is 5.54 Å². The van der Waals surface area contributed by atoms with E-state index in [4.69, 9.17) is 19.7 Å². The van der Waals surface area contributed by atoms with Gasteiger partial charge in [-0.25, -0.2) is 15.0 Å². The van der Waals surface area contributed by atoms with Gasteiger partial charge in [0, 0.05) is 47.8 Å². The Hall–Kier alpha value is -4.40. The molecular formula is C26H24N8O. The molecule has 9 heteroatoms. The Kier molecular flexibility index (Phi) is 4.17. The molecule has 2 N–H and O–H groups in total. The summed E-state index contributed by atoms with van der Waals surface area (Å²) in [4.78, 5) is 22.3. The van der Waals surface area contributed by atoms with Crippen molar-refractivity contribution < 1.29 is 4.74 Å². The molecule has 0 bridgehead atoms. The molecule has 1 aliphatic rings. The number of pyridine rings is 1. The second-order valence-corrected chi connectivity index (χ2v) is 9.55. The van der Waals surface area contributed by atoms with Crippen LogP contribution in [-0.2, 0) is 12.0 Å². The highest BCUT2D eigenvalue weighted by molar-refractivity contribution is 5.87. The van der Waals surface area contributed by atoms with Crippen molar-refractivity contribution in [2.75, 3.05) is 18.5 Å². The Balaban J connectivity index is 1.30. The van der Waals surface area contributed by atoms with E-state index >= 15 is 0 Å². The van der Waals surface area contributed by atoms with Crippen molar-refractivity contribution in [2.24, 2.45) is 0 Å². The number of H-pyrrole nitrogens is 1. The number of ether oxygens (including phenoxy) is 1. The summed E-state index contributed by atoms with van der Waals surface area (Å²) < 4.78 is 9.95. The summed E-state index contributed by atoms with van der Waals surface area (Å²) in [6.07, 6.45) is 8.63. The van der Waals surface area contributed by atoms with E-state index in [1.807, 2.05) is 35.0 Å². The van der Waals surface area contributed by atoms with Crippen molar-refractivity contribution in [2.45, 2.75) is 25.8 Å². The van der Waals surface area contributed by atoms with Crippen LogP contribution in [0.2, 0.25) is 0 Å². The van der Waals surface area contributed by atoms with E-state index < -0.39 is 0 Å². The smallest absolute Gasteiger partial charge is 0.299 e. The molecule has 35 heavy (non-hydrogen) atoms. The molecule has 0 amide bonds. The summed E-state index contributed by atoms with van der Waals surface area (Å²) in [5, 5.41) is 4.78. The van der Waals surface area contributed by atoms with E-state index in [0.29, 0.717) is 30.8 Å². The number of benzene rings is 1. The first kappa shape index (κ1) is 20.0. The number of nitrogens with one attached hydrogen (secondary N) is 2. The fraction of sp³-hybridized carbons (Fsp3) is 0.231. The van der Waals surface area contributed by atoms with Crippen LogP contribution in [0.1, 0.15) is 19.4 Å². The zero-order chi connectivity index (χ0) is 23.6. The number of aromatic nitrogens is 7. The maximum Gasteiger partial charge on any atom is 0.299 e. The monoisotopic (exact) mass is 464 g/mol. The minimum Gasteiger partial charge on any atom is -0.462 e. The maximum atomic E-state index is 5.90. The van der Waals surface area contributed by atoms with Crippen molar-refractivity contribution in [1.29, 1.82) is 0 Å². The third-order valence-electron chi connectivity index (χ3n) is 6.64. The number of fused-ring (bicyclic) bond motifs is 5. The number of anilines is 1. The summed E-state index contributed by atoms with van der Waals surface area (Å²) in [6, 6.07) is 12.9. The van der Waals surface area contributed by atoms with E-state index in [2.05, 4.69) is 58.1 Å². The summed E-state index contributed by atoms with van der Waals surface area (Å²) in [6.45, 7) is 5.54. The van der Waals surface area contributed by atoms with Crippen LogP contribution in [0.25, 0.3) is 39.1 Å². The number of imidazole rings is 2. The fourth-order valence-corrected chi connectivity index (χ4v) is 4.84. The van der Waals surface area contributed by atoms with Crippen molar-refractivity contribution in [3.05, 3.63) is 66.7 Å². The number of nitrogens with zero attached hydrogens (tertiary/aromatic N) is 6. The van der Waals surface area contributed by atoms with Gasteiger partial charge in [0.1, 0.15) is 12.3 Å². The van der Waals surface area contributed by atoms with E-state index in [1.165, 1.54) is 10.9 Å². The molecular weight excluding hydrogens is 440 g/mol. The van der Waals surface area contributed by atoms with Gasteiger partial charge in [0.2, 0.25) is 0 Å². The Bertz CT molecular complexity index is 1720. The molecule has 0 unspecified atom stereocenters. The number of hydrogen-bond donors (Lipinski definition) is 2. The Labute approximate surface area is 200 Å². The Morgan fingerprint density at radius 1 is 1.11 bits per heavy atom. The highest BCUT2D eigenvalue weighted by Gasteiger charge is 2.36. The summed E-state index contributed by atoms with van der Waals surface area (Å²) in [7, 11) is 0. The molecule has 0 atom stereocenters. The minimum absolute atomic E-state index is 0.245. The zero-order valence-electron chi connectivity index (χ0n) is 19.5. The number of para-hydroxylation sites is 1. The summed E-state index contributed by atoms with van der Waals surface area (Å²) in [5.74, 6) is 1.34. The van der Waals surface area contributed by atoms with E-state index in [0.717, 1.165) is 34.3 Å². The third kappa shape index (κ3) is 3.15. The van der Waals surface area contributed by atoms with Crippen LogP contribution in [0.15, 0.2) is 61.2 Å². The van der Waals surface area contributed by atoms with E-state index in [9.17, 15) is 0 Å². The largest absolute Gasteiger partial charge is 0.462 e. The van der Waals surface area contributed by atoms with Crippen molar-refractivity contribution >= 4 is 33.5 Å². The molecule has 1 aromatic carbocycles. The quantitative estimate of drug-likeness (QED) is 0.392. The fourth-order valence-electron chi connectivity index (χ4n) is 4.84. The lowest BCUT2D eigenvalue weighted by molar-refractivity contribution is 0.268. The van der Waals surface area contributed by atoms with Crippen molar-refractivity contribution in [1.82, 2.24) is 33.9 Å². The molecule has 1 aliphatic heterocycles. The molecule has 7 rings (SSSR count). The zero-order valence-corrected chi connectivity index (χ0v) is 19.5. The van der Waals surface area contributed by atoms with Crippen LogP contribution in [0, 0.1) is 0 Å². The molecule has 9 nitrogen and oxygen atoms in total. The maximum absolute atomic E-state index is 5.90. The van der Waals surface area contributed by atoms with Crippen LogP contribution < -0.4 is 10.1 Å². The highest BCUT2D eigenvalue weighted by atomic mass is 16.5. The van der Waals surface area contributed by atoms with Gasteiger partial charge >= 0.3 is 0 Å². The van der Waals surface area contributed by atoms with Gasteiger partial charge in [-0.3, -0.25) is 4.57 Å². The average molecular weight is 465 g/mol. The van der Waals surface area contributed by atoms with Crippen molar-refractivity contribution in [3.8, 4) is 17.4 Å². The van der Waals surface area contributed by atoms with Gasteiger partial charge in [0.25, 0.3) is 6.01 Å². The van der Waals surface area contributed by atoms with Gasteiger partial charge in [-0.1, -0.05) is 18.2 Å². The Morgan fingerprint density at radius 2 is 2.03 bits per heavy atom. The minimum atomic E-state index is -0.245. The molecule has 5 aromatic heterocycles. The Morgan fingerprint density at radius 3 is 2.97 bits per heavy atom. The first-order chi connectivity index (χ1) is 17.1. The first-order valence-corrected chi connectivity index (χ1v) is 11.7. The molecule has 0 saturated carbocycles. The van der Waals surface area contributed by atoms with Crippen LogP contribution in [0.5, 0.6) is 6.01 Å². The number of aromatic amines is 1. The summed E-state index contributed by atoms with van der Waals surface area (Å²) in [5.41, 5.74) is 5.45. The van der Waals surface area contributed by atoms with Crippen LogP contribution in [-0.4, -0.2) is 47.0 Å². The number of rotatable bonds is 5. The molecule has 0 fully saturated rings. The van der Waals surface area contributed by atoms with Gasteiger partial charge in [-0.05, 0) is 44.0 Å². The standard InChI is InChI=1S/C26H24N8O/c1-26(2)15-35-25-30-21-23(28-10-9-16-13-29-19-6-4-3-5-18(16)19)31-22(32-24(21)34(25)26)17-7-8-20-27-11-12-33(20)14-17/h3-8,11-14,29H,9-10,15H2,1-2H3,(H,28,31,32). The average Bonchev–Trinajstić information content (AvgIpc) is 3.63. The highest BCUT2D eigenvalue weighted by Crippen LogP contribution is 2.37. The van der Waals surface area contributed by atoms with Gasteiger partial charge in [-0.2, -0.15) is 4.98 Å². The molecule has 0 aliphatic carbocycles. The SMILES string of the molecule is CC1(C)COc2nc3c(NCCc4c[nH]c5ccccc45)nc(-c4ccc5nccn5c4)nc3n21. The van der Waals surface area contributed by atoms with Crippen LogP contribution in [0.3, 0.4) is 0 Å². The topological polar surface area (TPSA) is 97.9 Å². The molecule has 174 valence electrons. The predicted molar refractivity (Wildman–Crippen MR) is 135 cm³/mol. The van der Waals surface area contributed by atoms with Gasteiger partial charge in [0.15, 0.2) is 22.8 Å². The molecule has 6 heterocycles. The first-order valence-electron chi connectivity index (χ1n) is 11.7. The normalized spacial score (nSPS) is 14.6. The predicted octanol–water partition coefficient (Wildman–Crippen LogP) is 4.40. The van der Waals surface area contributed by atoms with Gasteiger partial charge in [0.05, 0.1) is 5.54 Å². The molecule has 6 aromatic rings. The summed E-state index contributed by atoms with van der Waals surface area (Å²) >= 11 is 0. The third-order valence-corrected chi connectivity index (χ3v) is 6.64.